The molecule has 1 N–H and O–H groups in total. The zero-order chi connectivity index (χ0) is 14.0. The van der Waals surface area contributed by atoms with Crippen LogP contribution >= 0.6 is 27.5 Å². The van der Waals surface area contributed by atoms with Gasteiger partial charge < -0.3 is 5.32 Å². The summed E-state index contributed by atoms with van der Waals surface area (Å²) in [5.74, 6) is -1.17. The zero-order valence-electron chi connectivity index (χ0n) is 9.75. The van der Waals surface area contributed by atoms with E-state index in [2.05, 4.69) is 31.2 Å². The fourth-order valence-electron chi connectivity index (χ4n) is 1.41. The van der Waals surface area contributed by atoms with Gasteiger partial charge in [0.1, 0.15) is 15.6 Å². The number of hydrogen-bond donors (Lipinski definition) is 1. The monoisotopic (exact) mass is 343 g/mol. The molecule has 0 aliphatic heterocycles. The third kappa shape index (κ3) is 3.27. The second-order valence-electron chi connectivity index (χ2n) is 3.78. The Hall–Kier alpha value is -1.53. The lowest BCUT2D eigenvalue weighted by atomic mass is 10.2. The molecule has 0 aliphatic rings. The Morgan fingerprint density at radius 1 is 1.37 bits per heavy atom. The summed E-state index contributed by atoms with van der Waals surface area (Å²) >= 11 is 9.01. The van der Waals surface area contributed by atoms with Crippen molar-refractivity contribution in [1.82, 2.24) is 9.97 Å². The summed E-state index contributed by atoms with van der Waals surface area (Å²) in [7, 11) is 0. The first-order chi connectivity index (χ1) is 8.97. The number of pyridine rings is 2. The van der Waals surface area contributed by atoms with Crippen LogP contribution in [-0.2, 0) is 0 Å². The van der Waals surface area contributed by atoms with E-state index in [1.807, 2.05) is 6.92 Å². The molecule has 4 nitrogen and oxygen atoms in total. The minimum Gasteiger partial charge on any atom is -0.320 e. The van der Waals surface area contributed by atoms with Crippen LogP contribution in [0.2, 0.25) is 5.15 Å². The molecule has 0 atom stereocenters. The summed E-state index contributed by atoms with van der Waals surface area (Å²) in [5.41, 5.74) is 1.33. The van der Waals surface area contributed by atoms with Crippen LogP contribution in [0, 0.1) is 12.7 Å². The summed E-state index contributed by atoms with van der Waals surface area (Å²) in [6.07, 6.45) is 2.43. The third-order valence-electron chi connectivity index (χ3n) is 2.32. The fraction of sp³-hybridized carbons (Fsp3) is 0.0833. The van der Waals surface area contributed by atoms with Crippen molar-refractivity contribution < 1.29 is 9.18 Å². The van der Waals surface area contributed by atoms with Gasteiger partial charge in [-0.1, -0.05) is 11.6 Å². The molecule has 0 fully saturated rings. The quantitative estimate of drug-likeness (QED) is 0.847. The number of halogens is 3. The molecule has 19 heavy (non-hydrogen) atoms. The number of amides is 1. The van der Waals surface area contributed by atoms with Crippen molar-refractivity contribution in [3.05, 3.63) is 51.2 Å². The van der Waals surface area contributed by atoms with Crippen LogP contribution in [0.3, 0.4) is 0 Å². The fourth-order valence-corrected chi connectivity index (χ4v) is 1.81. The van der Waals surface area contributed by atoms with Gasteiger partial charge in [0.15, 0.2) is 0 Å². The van der Waals surface area contributed by atoms with Gasteiger partial charge in [0, 0.05) is 0 Å². The standard InChI is InChI=1S/C12H8BrClFN3O/c1-6-2-8(5-16-10(6)13)18-12(19)9-3-7(15)4-17-11(9)14/h2-5H,1H3,(H,18,19). The molecule has 2 aromatic heterocycles. The van der Waals surface area contributed by atoms with E-state index in [0.29, 0.717) is 10.3 Å². The second-order valence-corrected chi connectivity index (χ2v) is 4.89. The Kier molecular flexibility index (Phi) is 4.11. The number of anilines is 1. The van der Waals surface area contributed by atoms with Gasteiger partial charge in [-0.05, 0) is 40.5 Å². The number of nitrogens with zero attached hydrogens (tertiary/aromatic N) is 2. The van der Waals surface area contributed by atoms with E-state index in [9.17, 15) is 9.18 Å². The van der Waals surface area contributed by atoms with E-state index < -0.39 is 11.7 Å². The highest BCUT2D eigenvalue weighted by atomic mass is 79.9. The Morgan fingerprint density at radius 3 is 2.79 bits per heavy atom. The van der Waals surface area contributed by atoms with E-state index in [-0.39, 0.29) is 10.7 Å². The van der Waals surface area contributed by atoms with Gasteiger partial charge in [0.2, 0.25) is 0 Å². The maximum atomic E-state index is 13.0. The molecule has 2 aromatic rings. The number of rotatable bonds is 2. The molecule has 0 aromatic carbocycles. The third-order valence-corrected chi connectivity index (χ3v) is 3.45. The largest absolute Gasteiger partial charge is 0.320 e. The SMILES string of the molecule is Cc1cc(NC(=O)c2cc(F)cnc2Cl)cnc1Br. The van der Waals surface area contributed by atoms with E-state index in [1.165, 1.54) is 6.20 Å². The minimum absolute atomic E-state index is 0.0257. The molecule has 2 heterocycles. The van der Waals surface area contributed by atoms with Crippen LogP contribution in [-0.4, -0.2) is 15.9 Å². The van der Waals surface area contributed by atoms with Gasteiger partial charge in [0.25, 0.3) is 5.91 Å². The average Bonchev–Trinajstić information content (AvgIpc) is 2.36. The van der Waals surface area contributed by atoms with Gasteiger partial charge in [-0.2, -0.15) is 0 Å². The maximum Gasteiger partial charge on any atom is 0.258 e. The zero-order valence-corrected chi connectivity index (χ0v) is 12.1. The smallest absolute Gasteiger partial charge is 0.258 e. The van der Waals surface area contributed by atoms with Crippen molar-refractivity contribution in [1.29, 1.82) is 0 Å². The lowest BCUT2D eigenvalue weighted by Gasteiger charge is -2.07. The van der Waals surface area contributed by atoms with Crippen molar-refractivity contribution in [3.8, 4) is 0 Å². The average molecular weight is 345 g/mol. The number of aryl methyl sites for hydroxylation is 1. The van der Waals surface area contributed by atoms with Crippen molar-refractivity contribution in [2.24, 2.45) is 0 Å². The van der Waals surface area contributed by atoms with Gasteiger partial charge in [-0.15, -0.1) is 0 Å². The Bertz CT molecular complexity index is 651. The Labute approximate surface area is 122 Å². The number of carbonyl (C=O) groups excluding carboxylic acids is 1. The molecule has 0 aliphatic carbocycles. The minimum atomic E-state index is -0.625. The molecule has 0 radical (unpaired) electrons. The summed E-state index contributed by atoms with van der Waals surface area (Å²) in [6.45, 7) is 1.84. The van der Waals surface area contributed by atoms with Crippen LogP contribution in [0.25, 0.3) is 0 Å². The summed E-state index contributed by atoms with van der Waals surface area (Å²) in [6, 6.07) is 2.76. The number of aromatic nitrogens is 2. The van der Waals surface area contributed by atoms with E-state index in [0.717, 1.165) is 17.8 Å². The van der Waals surface area contributed by atoms with Crippen molar-refractivity contribution in [2.75, 3.05) is 5.32 Å². The van der Waals surface area contributed by atoms with Crippen LogP contribution in [0.1, 0.15) is 15.9 Å². The lowest BCUT2D eigenvalue weighted by Crippen LogP contribution is -2.13. The molecule has 0 bridgehead atoms. The number of nitrogens with one attached hydrogen (secondary N) is 1. The highest BCUT2D eigenvalue weighted by Gasteiger charge is 2.13. The molecule has 0 saturated carbocycles. The predicted molar refractivity (Wildman–Crippen MR) is 73.8 cm³/mol. The molecule has 0 spiro atoms. The highest BCUT2D eigenvalue weighted by Crippen LogP contribution is 2.19. The summed E-state index contributed by atoms with van der Waals surface area (Å²) < 4.78 is 13.7. The first-order valence-corrected chi connectivity index (χ1v) is 6.39. The van der Waals surface area contributed by atoms with Gasteiger partial charge in [0.05, 0.1) is 23.6 Å². The van der Waals surface area contributed by atoms with Gasteiger partial charge >= 0.3 is 0 Å². The Morgan fingerprint density at radius 2 is 2.11 bits per heavy atom. The molecule has 2 rings (SSSR count). The van der Waals surface area contributed by atoms with Crippen LogP contribution in [0.15, 0.2) is 29.1 Å². The Balaban J connectivity index is 2.25. The number of carbonyl (C=O) groups is 1. The molecule has 7 heteroatoms. The summed E-state index contributed by atoms with van der Waals surface area (Å²) in [5, 5.41) is 2.53. The first-order valence-electron chi connectivity index (χ1n) is 5.22. The van der Waals surface area contributed by atoms with Crippen LogP contribution < -0.4 is 5.32 Å². The molecular formula is C12H8BrClFN3O. The molecule has 0 unspecified atom stereocenters. The van der Waals surface area contributed by atoms with Gasteiger partial charge in [-0.3, -0.25) is 4.79 Å². The first kappa shape index (κ1) is 13.9. The molecule has 1 amide bonds. The highest BCUT2D eigenvalue weighted by molar-refractivity contribution is 9.10. The van der Waals surface area contributed by atoms with Gasteiger partial charge in [-0.25, -0.2) is 14.4 Å². The topological polar surface area (TPSA) is 54.9 Å². The van der Waals surface area contributed by atoms with Crippen LogP contribution in [0.5, 0.6) is 0 Å². The van der Waals surface area contributed by atoms with E-state index in [4.69, 9.17) is 11.6 Å². The lowest BCUT2D eigenvalue weighted by molar-refractivity contribution is 0.102. The predicted octanol–water partition coefficient (Wildman–Crippen LogP) is 3.59. The van der Waals surface area contributed by atoms with Crippen LogP contribution in [0.4, 0.5) is 10.1 Å². The second kappa shape index (κ2) is 5.63. The number of hydrogen-bond acceptors (Lipinski definition) is 3. The molecule has 0 saturated heterocycles. The molecule has 98 valence electrons. The van der Waals surface area contributed by atoms with E-state index >= 15 is 0 Å². The summed E-state index contributed by atoms with van der Waals surface area (Å²) in [4.78, 5) is 19.6. The van der Waals surface area contributed by atoms with Crippen molar-refractivity contribution in [2.45, 2.75) is 6.92 Å². The normalized spacial score (nSPS) is 10.3. The maximum absolute atomic E-state index is 13.0. The van der Waals surface area contributed by atoms with Crippen molar-refractivity contribution >= 4 is 39.1 Å². The van der Waals surface area contributed by atoms with Crippen molar-refractivity contribution in [3.63, 3.8) is 0 Å². The van der Waals surface area contributed by atoms with E-state index in [1.54, 1.807) is 6.07 Å². The molecular weight excluding hydrogens is 337 g/mol.